The van der Waals surface area contributed by atoms with E-state index in [1.807, 2.05) is 0 Å². The molecule has 13 heavy (non-hydrogen) atoms. The van der Waals surface area contributed by atoms with Crippen LogP contribution in [-0.4, -0.2) is 11.9 Å². The van der Waals surface area contributed by atoms with Gasteiger partial charge in [0, 0.05) is 17.4 Å². The van der Waals surface area contributed by atoms with E-state index in [0.717, 1.165) is 0 Å². The summed E-state index contributed by atoms with van der Waals surface area (Å²) >= 11 is 0. The normalized spacial score (nSPS) is 9.38. The van der Waals surface area contributed by atoms with Crippen LogP contribution in [0.5, 0.6) is 0 Å². The van der Waals surface area contributed by atoms with Crippen LogP contribution < -0.4 is 69.3 Å². The number of carboxylic acids is 2. The van der Waals surface area contributed by atoms with Crippen LogP contribution >= 0.6 is 0 Å². The van der Waals surface area contributed by atoms with E-state index < -0.39 is 17.4 Å². The average molecular weight is 204 g/mol. The maximum Gasteiger partial charge on any atom is 1.00 e. The van der Waals surface area contributed by atoms with Crippen molar-refractivity contribution in [3.63, 3.8) is 0 Å². The molecule has 0 aliphatic heterocycles. The molecule has 0 N–H and O–H groups in total. The summed E-state index contributed by atoms with van der Waals surface area (Å²) < 4.78 is 0. The summed E-state index contributed by atoms with van der Waals surface area (Å²) in [5.74, 6) is -2.47. The zero-order valence-corrected chi connectivity index (χ0v) is 12.5. The molecule has 0 saturated heterocycles. The van der Waals surface area contributed by atoms with Crippen LogP contribution in [0.25, 0.3) is 0 Å². The van der Waals surface area contributed by atoms with E-state index in [9.17, 15) is 19.8 Å². The molecule has 6 heteroatoms. The molecular formula is C7H10Na2O4. The second-order valence-electron chi connectivity index (χ2n) is 3.04. The third-order valence-corrected chi connectivity index (χ3v) is 1.51. The van der Waals surface area contributed by atoms with Crippen molar-refractivity contribution in [2.75, 3.05) is 0 Å². The summed E-state index contributed by atoms with van der Waals surface area (Å²) in [4.78, 5) is 20.3. The van der Waals surface area contributed by atoms with Gasteiger partial charge in [0.25, 0.3) is 0 Å². The minimum Gasteiger partial charge on any atom is -0.550 e. The Morgan fingerprint density at radius 1 is 1.15 bits per heavy atom. The standard InChI is InChI=1S/C7H12O4.2Na/c1-7(2,6(10)11)4-3-5(8)9;;/h3-4H2,1-2H3,(H,8,9)(H,10,11);;/q;2*+1/p-2. The van der Waals surface area contributed by atoms with Gasteiger partial charge in [0.15, 0.2) is 0 Å². The molecule has 0 fully saturated rings. The summed E-state index contributed by atoms with van der Waals surface area (Å²) in [7, 11) is 0. The zero-order chi connectivity index (χ0) is 9.07. The van der Waals surface area contributed by atoms with Gasteiger partial charge >= 0.3 is 59.1 Å². The topological polar surface area (TPSA) is 80.3 Å². The first kappa shape index (κ1) is 19.5. The first-order chi connectivity index (χ1) is 4.86. The third-order valence-electron chi connectivity index (χ3n) is 1.51. The van der Waals surface area contributed by atoms with Gasteiger partial charge in [0.05, 0.1) is 0 Å². The minimum absolute atomic E-state index is 0. The van der Waals surface area contributed by atoms with Gasteiger partial charge in [0.2, 0.25) is 0 Å². The Labute approximate surface area is 122 Å². The van der Waals surface area contributed by atoms with Crippen LogP contribution in [0.3, 0.4) is 0 Å². The molecule has 64 valence electrons. The van der Waals surface area contributed by atoms with E-state index in [-0.39, 0.29) is 72.0 Å². The molecule has 0 saturated carbocycles. The molecule has 0 unspecified atom stereocenters. The zero-order valence-electron chi connectivity index (χ0n) is 8.55. The summed E-state index contributed by atoms with van der Waals surface area (Å²) in [6, 6.07) is 0. The van der Waals surface area contributed by atoms with Crippen LogP contribution in [0.1, 0.15) is 26.7 Å². The van der Waals surface area contributed by atoms with Gasteiger partial charge in [-0.25, -0.2) is 0 Å². The molecule has 4 nitrogen and oxygen atoms in total. The molecule has 0 aromatic carbocycles. The van der Waals surface area contributed by atoms with Crippen molar-refractivity contribution in [2.24, 2.45) is 5.41 Å². The minimum atomic E-state index is -1.24. The monoisotopic (exact) mass is 204 g/mol. The van der Waals surface area contributed by atoms with Crippen molar-refractivity contribution in [3.8, 4) is 0 Å². The Morgan fingerprint density at radius 2 is 1.54 bits per heavy atom. The Morgan fingerprint density at radius 3 is 1.77 bits per heavy atom. The van der Waals surface area contributed by atoms with Gasteiger partial charge in [-0.15, -0.1) is 0 Å². The van der Waals surface area contributed by atoms with Crippen LogP contribution in [0.2, 0.25) is 0 Å². The number of rotatable bonds is 4. The Kier molecular flexibility index (Phi) is 12.4. The number of carbonyl (C=O) groups is 2. The Balaban J connectivity index is -0.000000500. The van der Waals surface area contributed by atoms with E-state index >= 15 is 0 Å². The van der Waals surface area contributed by atoms with Crippen LogP contribution in [0.4, 0.5) is 0 Å². The van der Waals surface area contributed by atoms with Crippen molar-refractivity contribution < 1.29 is 78.9 Å². The predicted molar refractivity (Wildman–Crippen MR) is 33.0 cm³/mol. The van der Waals surface area contributed by atoms with Gasteiger partial charge in [-0.05, 0) is 12.8 Å². The SMILES string of the molecule is CC(C)(CCC(=O)[O-])C(=O)[O-].[Na+].[Na+]. The molecule has 0 rings (SSSR count). The average Bonchev–Trinajstić information content (AvgIpc) is 1.84. The molecule has 0 bridgehead atoms. The van der Waals surface area contributed by atoms with Gasteiger partial charge in [-0.3, -0.25) is 0 Å². The van der Waals surface area contributed by atoms with E-state index in [1.165, 1.54) is 13.8 Å². The quantitative estimate of drug-likeness (QED) is 0.426. The number of hydrogen-bond acceptors (Lipinski definition) is 4. The van der Waals surface area contributed by atoms with Gasteiger partial charge in [-0.1, -0.05) is 13.8 Å². The molecule has 0 atom stereocenters. The maximum absolute atomic E-state index is 10.3. The van der Waals surface area contributed by atoms with Crippen molar-refractivity contribution in [1.82, 2.24) is 0 Å². The van der Waals surface area contributed by atoms with Gasteiger partial charge in [-0.2, -0.15) is 0 Å². The summed E-state index contributed by atoms with van der Waals surface area (Å²) in [5.41, 5.74) is -1.08. The molecule has 0 spiro atoms. The molecule has 0 aromatic rings. The number of aliphatic carboxylic acids is 2. The van der Waals surface area contributed by atoms with E-state index in [4.69, 9.17) is 0 Å². The maximum atomic E-state index is 10.3. The Hall–Kier alpha value is 0.940. The molecule has 0 heterocycles. The van der Waals surface area contributed by atoms with Crippen molar-refractivity contribution in [1.29, 1.82) is 0 Å². The third kappa shape index (κ3) is 9.25. The number of carboxylic acid groups (broad SMARTS) is 2. The van der Waals surface area contributed by atoms with Crippen molar-refractivity contribution in [2.45, 2.75) is 26.7 Å². The second-order valence-corrected chi connectivity index (χ2v) is 3.04. The van der Waals surface area contributed by atoms with E-state index in [0.29, 0.717) is 0 Å². The van der Waals surface area contributed by atoms with Gasteiger partial charge < -0.3 is 19.8 Å². The molecule has 0 radical (unpaired) electrons. The smallest absolute Gasteiger partial charge is 0.550 e. The largest absolute Gasteiger partial charge is 1.00 e. The van der Waals surface area contributed by atoms with Crippen LogP contribution in [0.15, 0.2) is 0 Å². The molecule has 0 aliphatic carbocycles. The number of carbonyl (C=O) groups excluding carboxylic acids is 2. The van der Waals surface area contributed by atoms with E-state index in [2.05, 4.69) is 0 Å². The van der Waals surface area contributed by atoms with Gasteiger partial charge in [0.1, 0.15) is 0 Å². The molecule has 0 aliphatic rings. The molecule has 0 aromatic heterocycles. The summed E-state index contributed by atoms with van der Waals surface area (Å²) in [6.45, 7) is 2.84. The predicted octanol–water partition coefficient (Wildman–Crippen LogP) is -7.70. The number of hydrogen-bond donors (Lipinski definition) is 0. The fourth-order valence-electron chi connectivity index (χ4n) is 0.517. The van der Waals surface area contributed by atoms with Crippen molar-refractivity contribution >= 4 is 11.9 Å². The first-order valence-electron chi connectivity index (χ1n) is 3.27. The fraction of sp³-hybridized carbons (Fsp3) is 0.714. The fourth-order valence-corrected chi connectivity index (χ4v) is 0.517. The first-order valence-corrected chi connectivity index (χ1v) is 3.27. The van der Waals surface area contributed by atoms with Crippen LogP contribution in [0, 0.1) is 5.41 Å². The second kappa shape index (κ2) is 8.26. The van der Waals surface area contributed by atoms with Crippen molar-refractivity contribution in [3.05, 3.63) is 0 Å². The Bertz CT molecular complexity index is 179. The van der Waals surface area contributed by atoms with E-state index in [1.54, 1.807) is 0 Å². The molecular weight excluding hydrogens is 194 g/mol. The summed E-state index contributed by atoms with van der Waals surface area (Å²) in [6.07, 6.45) is -0.210. The van der Waals surface area contributed by atoms with Crippen LogP contribution in [-0.2, 0) is 9.59 Å². The summed E-state index contributed by atoms with van der Waals surface area (Å²) in [5, 5.41) is 20.3. The molecule has 0 amide bonds.